The summed E-state index contributed by atoms with van der Waals surface area (Å²) in [5.41, 5.74) is 0.954. The van der Waals surface area contributed by atoms with Crippen LogP contribution in [0.15, 0.2) is 29.2 Å². The van der Waals surface area contributed by atoms with Crippen molar-refractivity contribution in [3.05, 3.63) is 24.3 Å². The number of hydrogen-bond donors (Lipinski definition) is 2. The first-order valence-corrected chi connectivity index (χ1v) is 7.87. The van der Waals surface area contributed by atoms with Crippen molar-refractivity contribution in [3.8, 4) is 0 Å². The summed E-state index contributed by atoms with van der Waals surface area (Å²) < 4.78 is 26.8. The van der Waals surface area contributed by atoms with Crippen molar-refractivity contribution in [2.75, 3.05) is 11.9 Å². The van der Waals surface area contributed by atoms with Crippen LogP contribution in [0.3, 0.4) is 0 Å². The molecule has 0 heterocycles. The van der Waals surface area contributed by atoms with Gasteiger partial charge in [-0.3, -0.25) is 0 Å². The van der Waals surface area contributed by atoms with E-state index >= 15 is 0 Å². The van der Waals surface area contributed by atoms with Gasteiger partial charge in [-0.2, -0.15) is 0 Å². The molecule has 1 aliphatic carbocycles. The first kappa shape index (κ1) is 13.4. The highest BCUT2D eigenvalue weighted by Gasteiger charge is 2.36. The lowest BCUT2D eigenvalue weighted by atomic mass is 10.3. The predicted octanol–water partition coefficient (Wildman–Crippen LogP) is 2.20. The summed E-state index contributed by atoms with van der Waals surface area (Å²) in [5, 5.41) is 3.22. The Balaban J connectivity index is 2.03. The fourth-order valence-corrected chi connectivity index (χ4v) is 3.13. The van der Waals surface area contributed by atoms with Gasteiger partial charge in [-0.1, -0.05) is 13.8 Å². The van der Waals surface area contributed by atoms with Crippen LogP contribution < -0.4 is 10.0 Å². The number of sulfonamides is 1. The minimum atomic E-state index is -3.34. The van der Waals surface area contributed by atoms with Gasteiger partial charge in [0, 0.05) is 18.3 Å². The summed E-state index contributed by atoms with van der Waals surface area (Å²) >= 11 is 0. The molecule has 1 saturated carbocycles. The molecule has 2 rings (SSSR count). The quantitative estimate of drug-likeness (QED) is 0.831. The summed E-state index contributed by atoms with van der Waals surface area (Å²) in [6.45, 7) is 5.03. The highest BCUT2D eigenvalue weighted by Crippen LogP contribution is 2.30. The van der Waals surface area contributed by atoms with E-state index < -0.39 is 10.0 Å². The number of anilines is 1. The largest absolute Gasteiger partial charge is 0.385 e. The van der Waals surface area contributed by atoms with E-state index in [1.165, 1.54) is 0 Å². The molecule has 100 valence electrons. The Morgan fingerprint density at radius 1 is 1.28 bits per heavy atom. The van der Waals surface area contributed by atoms with E-state index in [9.17, 15) is 8.42 Å². The fraction of sp³-hybridized carbons (Fsp3) is 0.538. The van der Waals surface area contributed by atoms with Crippen molar-refractivity contribution in [1.82, 2.24) is 4.72 Å². The van der Waals surface area contributed by atoms with Crippen molar-refractivity contribution in [1.29, 1.82) is 0 Å². The zero-order chi connectivity index (χ0) is 13.2. The molecule has 5 heteroatoms. The van der Waals surface area contributed by atoms with Crippen molar-refractivity contribution in [2.24, 2.45) is 5.92 Å². The Kier molecular flexibility index (Phi) is 3.92. The molecule has 0 radical (unpaired) electrons. The maximum atomic E-state index is 12.0. The third-order valence-electron chi connectivity index (χ3n) is 3.16. The Bertz CT molecular complexity index is 496. The van der Waals surface area contributed by atoms with Gasteiger partial charge in [0.2, 0.25) is 10.0 Å². The van der Waals surface area contributed by atoms with Crippen LogP contribution in [0.5, 0.6) is 0 Å². The van der Waals surface area contributed by atoms with E-state index in [1.54, 1.807) is 24.3 Å². The molecule has 0 saturated heterocycles. The van der Waals surface area contributed by atoms with Gasteiger partial charge in [0.15, 0.2) is 0 Å². The zero-order valence-electron chi connectivity index (χ0n) is 10.8. The molecular formula is C13H20N2O2S. The minimum Gasteiger partial charge on any atom is -0.385 e. The summed E-state index contributed by atoms with van der Waals surface area (Å²) in [4.78, 5) is 0.337. The maximum Gasteiger partial charge on any atom is 0.240 e. The third-order valence-corrected chi connectivity index (χ3v) is 4.67. The monoisotopic (exact) mass is 268 g/mol. The van der Waals surface area contributed by atoms with Crippen molar-refractivity contribution in [2.45, 2.75) is 37.6 Å². The van der Waals surface area contributed by atoms with E-state index in [4.69, 9.17) is 0 Å². The standard InChI is InChI=1S/C13H20N2O2S/c1-3-8-14-11-4-6-12(7-5-11)18(16,17)15-13-9-10(13)2/h4-7,10,13-15H,3,8-9H2,1-2H3. The Hall–Kier alpha value is -1.07. The number of hydrogen-bond acceptors (Lipinski definition) is 3. The van der Waals surface area contributed by atoms with Crippen molar-refractivity contribution >= 4 is 15.7 Å². The molecule has 0 aromatic heterocycles. The van der Waals surface area contributed by atoms with E-state index in [1.807, 2.05) is 6.92 Å². The average Bonchev–Trinajstić information content (AvgIpc) is 3.02. The molecule has 0 amide bonds. The van der Waals surface area contributed by atoms with Gasteiger partial charge in [-0.05, 0) is 43.0 Å². The Labute approximate surface area is 109 Å². The van der Waals surface area contributed by atoms with Crippen LogP contribution >= 0.6 is 0 Å². The van der Waals surface area contributed by atoms with Gasteiger partial charge in [0.1, 0.15) is 0 Å². The van der Waals surface area contributed by atoms with Crippen LogP contribution in [0, 0.1) is 5.92 Å². The lowest BCUT2D eigenvalue weighted by molar-refractivity contribution is 0.578. The number of rotatable bonds is 6. The highest BCUT2D eigenvalue weighted by molar-refractivity contribution is 7.89. The predicted molar refractivity (Wildman–Crippen MR) is 73.1 cm³/mol. The molecule has 4 nitrogen and oxygen atoms in total. The first-order chi connectivity index (χ1) is 8.53. The molecule has 2 N–H and O–H groups in total. The topological polar surface area (TPSA) is 58.2 Å². The summed E-state index contributed by atoms with van der Waals surface area (Å²) in [6, 6.07) is 7.02. The molecule has 2 atom stereocenters. The molecule has 0 spiro atoms. The van der Waals surface area contributed by atoms with E-state index in [0.29, 0.717) is 10.8 Å². The van der Waals surface area contributed by atoms with Crippen molar-refractivity contribution in [3.63, 3.8) is 0 Å². The molecule has 2 unspecified atom stereocenters. The number of nitrogens with one attached hydrogen (secondary N) is 2. The summed E-state index contributed by atoms with van der Waals surface area (Å²) in [5.74, 6) is 0.463. The molecule has 1 aliphatic rings. The smallest absolute Gasteiger partial charge is 0.240 e. The Morgan fingerprint density at radius 3 is 2.39 bits per heavy atom. The molecule has 1 fully saturated rings. The lowest BCUT2D eigenvalue weighted by Crippen LogP contribution is -2.26. The first-order valence-electron chi connectivity index (χ1n) is 6.39. The highest BCUT2D eigenvalue weighted by atomic mass is 32.2. The van der Waals surface area contributed by atoms with Gasteiger partial charge in [0.25, 0.3) is 0 Å². The number of benzene rings is 1. The van der Waals surface area contributed by atoms with Crippen LogP contribution in [0.1, 0.15) is 26.7 Å². The third kappa shape index (κ3) is 3.23. The van der Waals surface area contributed by atoms with Crippen LogP contribution in [-0.2, 0) is 10.0 Å². The van der Waals surface area contributed by atoms with Crippen LogP contribution in [-0.4, -0.2) is 21.0 Å². The minimum absolute atomic E-state index is 0.118. The molecule has 1 aromatic rings. The van der Waals surface area contributed by atoms with Crippen LogP contribution in [0.4, 0.5) is 5.69 Å². The fourth-order valence-electron chi connectivity index (χ4n) is 1.77. The average molecular weight is 268 g/mol. The van der Waals surface area contributed by atoms with Gasteiger partial charge in [-0.15, -0.1) is 0 Å². The summed E-state index contributed by atoms with van der Waals surface area (Å²) in [6.07, 6.45) is 1.98. The molecule has 0 bridgehead atoms. The lowest BCUT2D eigenvalue weighted by Gasteiger charge is -2.08. The summed E-state index contributed by atoms with van der Waals surface area (Å²) in [7, 11) is -3.34. The second-order valence-corrected chi connectivity index (χ2v) is 6.61. The van der Waals surface area contributed by atoms with Crippen LogP contribution in [0.2, 0.25) is 0 Å². The van der Waals surface area contributed by atoms with Crippen LogP contribution in [0.25, 0.3) is 0 Å². The van der Waals surface area contributed by atoms with E-state index in [0.717, 1.165) is 25.1 Å². The molecular weight excluding hydrogens is 248 g/mol. The Morgan fingerprint density at radius 2 is 1.89 bits per heavy atom. The van der Waals surface area contributed by atoms with Gasteiger partial charge >= 0.3 is 0 Å². The zero-order valence-corrected chi connectivity index (χ0v) is 11.6. The second kappa shape index (κ2) is 5.28. The van der Waals surface area contributed by atoms with E-state index in [2.05, 4.69) is 17.0 Å². The van der Waals surface area contributed by atoms with Crippen molar-refractivity contribution < 1.29 is 8.42 Å². The molecule has 0 aliphatic heterocycles. The van der Waals surface area contributed by atoms with Gasteiger partial charge in [-0.25, -0.2) is 13.1 Å². The van der Waals surface area contributed by atoms with E-state index in [-0.39, 0.29) is 6.04 Å². The SMILES string of the molecule is CCCNc1ccc(S(=O)(=O)NC2CC2C)cc1. The van der Waals surface area contributed by atoms with Gasteiger partial charge < -0.3 is 5.32 Å². The second-order valence-electron chi connectivity index (χ2n) is 4.89. The molecule has 1 aromatic carbocycles. The maximum absolute atomic E-state index is 12.0. The molecule has 18 heavy (non-hydrogen) atoms. The normalized spacial score (nSPS) is 22.8. The van der Waals surface area contributed by atoms with Gasteiger partial charge in [0.05, 0.1) is 4.90 Å².